The fraction of sp³-hybridized carbons (Fsp3) is 0.240. The molecule has 1 heterocycles. The van der Waals surface area contributed by atoms with Crippen molar-refractivity contribution < 1.29 is 4.79 Å². The van der Waals surface area contributed by atoms with Crippen LogP contribution in [0.2, 0.25) is 0 Å². The van der Waals surface area contributed by atoms with Gasteiger partial charge in [0.2, 0.25) is 5.91 Å². The van der Waals surface area contributed by atoms with Gasteiger partial charge in [-0.2, -0.15) is 5.26 Å². The van der Waals surface area contributed by atoms with Gasteiger partial charge in [0.05, 0.1) is 10.8 Å². The number of halogens is 1. The van der Waals surface area contributed by atoms with Gasteiger partial charge in [0.25, 0.3) is 0 Å². The van der Waals surface area contributed by atoms with Gasteiger partial charge in [-0.25, -0.2) is 4.98 Å². The number of carbonyl (C=O) groups is 1. The number of thioether (sulfide) groups is 1. The van der Waals surface area contributed by atoms with Gasteiger partial charge >= 0.3 is 0 Å². The maximum absolute atomic E-state index is 12.6. The molecule has 1 aliphatic rings. The van der Waals surface area contributed by atoms with Crippen molar-refractivity contribution in [3.8, 4) is 6.07 Å². The van der Waals surface area contributed by atoms with Gasteiger partial charge in [-0.3, -0.25) is 4.79 Å². The Hall–Kier alpha value is -2.62. The van der Waals surface area contributed by atoms with Crippen molar-refractivity contribution in [3.63, 3.8) is 0 Å². The number of nitrogens with zero attached hydrogens (tertiary/aromatic N) is 2. The van der Waals surface area contributed by atoms with Crippen molar-refractivity contribution >= 4 is 39.3 Å². The maximum Gasteiger partial charge on any atom is 0.237 e. The quantitative estimate of drug-likeness (QED) is 0.437. The number of benzene rings is 2. The van der Waals surface area contributed by atoms with E-state index in [-0.39, 0.29) is 11.2 Å². The molecule has 6 heteroatoms. The molecule has 0 radical (unpaired) electrons. The van der Waals surface area contributed by atoms with Crippen molar-refractivity contribution in [3.05, 3.63) is 87.5 Å². The molecule has 2 atom stereocenters. The average Bonchev–Trinajstić information content (AvgIpc) is 2.80. The smallest absolute Gasteiger partial charge is 0.237 e. The van der Waals surface area contributed by atoms with Gasteiger partial charge in [-0.1, -0.05) is 58.0 Å². The number of aryl methyl sites for hydroxylation is 1. The van der Waals surface area contributed by atoms with Crippen LogP contribution >= 0.6 is 27.7 Å². The van der Waals surface area contributed by atoms with Crippen molar-refractivity contribution in [2.75, 3.05) is 5.32 Å². The van der Waals surface area contributed by atoms with E-state index in [9.17, 15) is 10.1 Å². The fourth-order valence-corrected chi connectivity index (χ4v) is 4.98. The van der Waals surface area contributed by atoms with Crippen LogP contribution in [0.3, 0.4) is 0 Å². The minimum Gasteiger partial charge on any atom is -0.325 e. The maximum atomic E-state index is 12.6. The van der Waals surface area contributed by atoms with Gasteiger partial charge in [-0.15, -0.1) is 0 Å². The SMILES string of the molecule is CC(Sc1nc2c(cc1C#N)CC(c1ccccc1)CC2)C(=O)Nc1ccc(Br)cc1. The topological polar surface area (TPSA) is 65.8 Å². The molecule has 3 aromatic rings. The largest absolute Gasteiger partial charge is 0.325 e. The summed E-state index contributed by atoms with van der Waals surface area (Å²) in [6.07, 6.45) is 2.82. The average molecular weight is 492 g/mol. The molecule has 156 valence electrons. The molecule has 2 unspecified atom stereocenters. The van der Waals surface area contributed by atoms with E-state index in [1.165, 1.54) is 17.3 Å². The molecule has 0 spiro atoms. The summed E-state index contributed by atoms with van der Waals surface area (Å²) in [6.45, 7) is 1.84. The first kappa shape index (κ1) is 21.6. The number of rotatable bonds is 5. The molecular weight excluding hydrogens is 470 g/mol. The number of amides is 1. The Morgan fingerprint density at radius 2 is 1.97 bits per heavy atom. The zero-order valence-electron chi connectivity index (χ0n) is 17.1. The van der Waals surface area contributed by atoms with Crippen LogP contribution < -0.4 is 5.32 Å². The number of hydrogen-bond donors (Lipinski definition) is 1. The van der Waals surface area contributed by atoms with Crippen LogP contribution in [0.4, 0.5) is 5.69 Å². The van der Waals surface area contributed by atoms with Crippen LogP contribution in [0, 0.1) is 11.3 Å². The monoisotopic (exact) mass is 491 g/mol. The zero-order valence-corrected chi connectivity index (χ0v) is 19.5. The Morgan fingerprint density at radius 3 is 2.68 bits per heavy atom. The Bertz CT molecular complexity index is 1130. The third-order valence-corrected chi connectivity index (χ3v) is 7.14. The van der Waals surface area contributed by atoms with E-state index < -0.39 is 0 Å². The summed E-state index contributed by atoms with van der Waals surface area (Å²) in [4.78, 5) is 17.4. The number of nitrogens with one attached hydrogen (secondary N) is 1. The first-order valence-corrected chi connectivity index (χ1v) is 11.9. The normalized spacial score (nSPS) is 16.1. The fourth-order valence-electron chi connectivity index (χ4n) is 3.82. The molecule has 0 aliphatic heterocycles. The van der Waals surface area contributed by atoms with Crippen molar-refractivity contribution in [1.82, 2.24) is 4.98 Å². The van der Waals surface area contributed by atoms with Crippen LogP contribution in [-0.4, -0.2) is 16.1 Å². The highest BCUT2D eigenvalue weighted by atomic mass is 79.9. The number of hydrogen-bond acceptors (Lipinski definition) is 4. The Balaban J connectivity index is 1.48. The van der Waals surface area contributed by atoms with E-state index in [2.05, 4.69) is 51.6 Å². The van der Waals surface area contributed by atoms with Crippen molar-refractivity contribution in [2.24, 2.45) is 0 Å². The van der Waals surface area contributed by atoms with Gasteiger partial charge in [0.1, 0.15) is 11.1 Å². The lowest BCUT2D eigenvalue weighted by Crippen LogP contribution is -2.23. The van der Waals surface area contributed by atoms with E-state index >= 15 is 0 Å². The van der Waals surface area contributed by atoms with Crippen LogP contribution in [0.1, 0.15) is 41.6 Å². The zero-order chi connectivity index (χ0) is 21.8. The lowest BCUT2D eigenvalue weighted by Gasteiger charge is -2.25. The molecule has 0 saturated carbocycles. The predicted molar refractivity (Wildman–Crippen MR) is 128 cm³/mol. The molecule has 4 nitrogen and oxygen atoms in total. The number of pyridine rings is 1. The third kappa shape index (κ3) is 5.17. The van der Waals surface area contributed by atoms with Crippen molar-refractivity contribution in [1.29, 1.82) is 5.26 Å². The summed E-state index contributed by atoms with van der Waals surface area (Å²) in [6, 6.07) is 22.2. The van der Waals surface area contributed by atoms with E-state index in [0.717, 1.165) is 40.7 Å². The number of aromatic nitrogens is 1. The summed E-state index contributed by atoms with van der Waals surface area (Å²) >= 11 is 4.73. The molecule has 0 saturated heterocycles. The summed E-state index contributed by atoms with van der Waals surface area (Å²) in [5.41, 5.74) is 4.82. The highest BCUT2D eigenvalue weighted by Gasteiger charge is 2.24. The van der Waals surface area contributed by atoms with Crippen LogP contribution in [0.5, 0.6) is 0 Å². The Kier molecular flexibility index (Phi) is 6.74. The van der Waals surface area contributed by atoms with E-state index in [4.69, 9.17) is 4.98 Å². The standard InChI is InChI=1S/C25H22BrN3OS/c1-16(24(30)28-22-10-8-21(26)9-11-22)31-25-20(15-27)14-19-13-18(7-12-23(19)29-25)17-5-3-2-4-6-17/h2-6,8-11,14,16,18H,7,12-13H2,1H3,(H,28,30). The second-order valence-electron chi connectivity index (χ2n) is 7.67. The molecule has 2 aromatic carbocycles. The molecule has 1 aromatic heterocycles. The van der Waals surface area contributed by atoms with E-state index in [1.54, 1.807) is 0 Å². The molecule has 31 heavy (non-hydrogen) atoms. The second-order valence-corrected chi connectivity index (χ2v) is 9.91. The lowest BCUT2D eigenvalue weighted by atomic mass is 9.82. The molecular formula is C25H22BrN3OS. The van der Waals surface area contributed by atoms with Crippen LogP contribution in [0.25, 0.3) is 0 Å². The minimum atomic E-state index is -0.373. The molecule has 0 fully saturated rings. The van der Waals surface area contributed by atoms with E-state index in [0.29, 0.717) is 16.5 Å². The molecule has 1 aliphatic carbocycles. The highest BCUT2D eigenvalue weighted by molar-refractivity contribution is 9.10. The van der Waals surface area contributed by atoms with Gasteiger partial charge in [0, 0.05) is 15.9 Å². The van der Waals surface area contributed by atoms with Crippen LogP contribution in [0.15, 0.2) is 70.2 Å². The van der Waals surface area contributed by atoms with E-state index in [1.807, 2.05) is 43.3 Å². The summed E-state index contributed by atoms with van der Waals surface area (Å²) in [7, 11) is 0. The number of carbonyl (C=O) groups excluding carboxylic acids is 1. The summed E-state index contributed by atoms with van der Waals surface area (Å²) in [5.74, 6) is 0.344. The van der Waals surface area contributed by atoms with Gasteiger partial charge in [-0.05, 0) is 73.6 Å². The van der Waals surface area contributed by atoms with Gasteiger partial charge in [0.15, 0.2) is 0 Å². The molecule has 4 rings (SSSR count). The molecule has 1 amide bonds. The lowest BCUT2D eigenvalue weighted by molar-refractivity contribution is -0.115. The minimum absolute atomic E-state index is 0.111. The number of fused-ring (bicyclic) bond motifs is 1. The first-order valence-electron chi connectivity index (χ1n) is 10.2. The molecule has 0 bridgehead atoms. The highest BCUT2D eigenvalue weighted by Crippen LogP contribution is 2.35. The number of anilines is 1. The Morgan fingerprint density at radius 1 is 1.23 bits per heavy atom. The van der Waals surface area contributed by atoms with Gasteiger partial charge < -0.3 is 5.32 Å². The third-order valence-electron chi connectivity index (χ3n) is 5.51. The molecule has 1 N–H and O–H groups in total. The predicted octanol–water partition coefficient (Wildman–Crippen LogP) is 6.11. The summed E-state index contributed by atoms with van der Waals surface area (Å²) in [5, 5.41) is 12.9. The Labute approximate surface area is 195 Å². The number of nitriles is 1. The van der Waals surface area contributed by atoms with Crippen molar-refractivity contribution in [2.45, 2.75) is 42.4 Å². The summed E-state index contributed by atoms with van der Waals surface area (Å²) < 4.78 is 0.958. The second kappa shape index (κ2) is 9.67. The first-order chi connectivity index (χ1) is 15.0. The van der Waals surface area contributed by atoms with Crippen LogP contribution in [-0.2, 0) is 17.6 Å².